The Morgan fingerprint density at radius 2 is 1.54 bits per heavy atom. The van der Waals surface area contributed by atoms with Crippen molar-refractivity contribution in [2.24, 2.45) is 23.7 Å². The summed E-state index contributed by atoms with van der Waals surface area (Å²) in [6.07, 6.45) is 22.3. The Labute approximate surface area is 438 Å². The molecule has 0 aliphatic carbocycles. The first-order valence-electron chi connectivity index (χ1n) is 27.3. The average molecular weight is 991 g/mol. The number of nitrogens with two attached hydrogens (primary N) is 1. The van der Waals surface area contributed by atoms with Gasteiger partial charge in [-0.1, -0.05) is 131 Å². The summed E-state index contributed by atoms with van der Waals surface area (Å²) in [4.78, 5) is 44.3. The second-order valence-corrected chi connectivity index (χ2v) is 19.6. The van der Waals surface area contributed by atoms with Crippen molar-refractivity contribution in [3.63, 3.8) is 0 Å². The van der Waals surface area contributed by atoms with Crippen molar-refractivity contribution in [2.75, 3.05) is 50.0 Å². The quantitative estimate of drug-likeness (QED) is 0.0455. The van der Waals surface area contributed by atoms with Crippen LogP contribution < -0.4 is 25.8 Å². The number of Topliss-reactive ketones (excluding diaryl/α,β-unsaturated/α-hetero) is 2. The molecule has 2 N–H and O–H groups in total. The molecule has 2 fully saturated rings. The van der Waals surface area contributed by atoms with Crippen molar-refractivity contribution in [1.82, 2.24) is 9.88 Å². The number of nitrogens with zero attached hydrogens (tertiary/aromatic N) is 3. The third-order valence-corrected chi connectivity index (χ3v) is 13.1. The monoisotopic (exact) mass is 991 g/mol. The van der Waals surface area contributed by atoms with E-state index in [4.69, 9.17) is 15.2 Å². The highest BCUT2D eigenvalue weighted by atomic mass is 16.5. The maximum atomic E-state index is 12.7. The number of nitrogen functional groups attached to an aromatic ring is 1. The summed E-state index contributed by atoms with van der Waals surface area (Å²) in [5, 5.41) is 2.34. The summed E-state index contributed by atoms with van der Waals surface area (Å²) in [6.45, 7) is 41.7. The zero-order valence-electron chi connectivity index (χ0n) is 47.5. The second-order valence-electron chi connectivity index (χ2n) is 19.6. The Kier molecular flexibility index (Phi) is 33.1. The van der Waals surface area contributed by atoms with Crippen LogP contribution in [0.1, 0.15) is 180 Å². The van der Waals surface area contributed by atoms with Crippen molar-refractivity contribution in [3.05, 3.63) is 112 Å². The third-order valence-electron chi connectivity index (χ3n) is 13.1. The van der Waals surface area contributed by atoms with Crippen LogP contribution in [0, 0.1) is 30.6 Å². The van der Waals surface area contributed by atoms with Gasteiger partial charge in [-0.05, 0) is 130 Å². The second kappa shape index (κ2) is 36.7. The molecular weight excluding hydrogens is 893 g/mol. The first-order valence-corrected chi connectivity index (χ1v) is 27.3. The summed E-state index contributed by atoms with van der Waals surface area (Å²) >= 11 is 0. The minimum Gasteiger partial charge on any atom is -0.492 e. The van der Waals surface area contributed by atoms with E-state index in [1.807, 2.05) is 66.8 Å². The van der Waals surface area contributed by atoms with Gasteiger partial charge in [0.25, 0.3) is 0 Å². The molecular formula is C63H98N4O5. The van der Waals surface area contributed by atoms with Crippen LogP contribution in [0.25, 0.3) is 18.2 Å². The summed E-state index contributed by atoms with van der Waals surface area (Å²) in [5.41, 5.74) is 11.4. The number of piperidine rings is 1. The van der Waals surface area contributed by atoms with E-state index in [-0.39, 0.29) is 17.8 Å². The molecule has 0 bridgehead atoms. The lowest BCUT2D eigenvalue weighted by molar-refractivity contribution is -0.119. The fraction of sp³-hybridized carbons (Fsp3) is 0.556. The van der Waals surface area contributed by atoms with Crippen LogP contribution >= 0.6 is 0 Å². The Hall–Kier alpha value is -5.12. The van der Waals surface area contributed by atoms with Gasteiger partial charge in [0.05, 0.1) is 12.2 Å². The number of aryl methyl sites for hydroxylation is 1. The molecule has 3 atom stereocenters. The van der Waals surface area contributed by atoms with Gasteiger partial charge in [-0.3, -0.25) is 19.3 Å². The number of rotatable bonds is 22. The van der Waals surface area contributed by atoms with Gasteiger partial charge in [0.15, 0.2) is 12.1 Å². The van der Waals surface area contributed by atoms with E-state index in [9.17, 15) is 14.4 Å². The number of hydrogen-bond acceptors (Lipinski definition) is 9. The topological polar surface area (TPSA) is 115 Å². The fourth-order valence-corrected chi connectivity index (χ4v) is 7.78. The van der Waals surface area contributed by atoms with Gasteiger partial charge in [0.1, 0.15) is 24.0 Å². The molecule has 5 rings (SSSR count). The Balaban J connectivity index is 0.000000631. The van der Waals surface area contributed by atoms with Gasteiger partial charge in [0.2, 0.25) is 0 Å². The predicted molar refractivity (Wildman–Crippen MR) is 310 cm³/mol. The van der Waals surface area contributed by atoms with Crippen molar-refractivity contribution in [3.8, 4) is 5.75 Å². The lowest BCUT2D eigenvalue weighted by Crippen LogP contribution is -2.54. The third kappa shape index (κ3) is 23.6. The molecule has 3 heterocycles. The maximum Gasteiger partial charge on any atom is 0.166 e. The zero-order valence-corrected chi connectivity index (χ0v) is 47.5. The van der Waals surface area contributed by atoms with E-state index in [2.05, 4.69) is 113 Å². The van der Waals surface area contributed by atoms with E-state index in [0.717, 1.165) is 119 Å². The van der Waals surface area contributed by atoms with Gasteiger partial charge in [0, 0.05) is 79.7 Å². The summed E-state index contributed by atoms with van der Waals surface area (Å²) < 4.78 is 12.3. The summed E-state index contributed by atoms with van der Waals surface area (Å²) in [5.74, 6) is 3.68. The van der Waals surface area contributed by atoms with Crippen molar-refractivity contribution < 1.29 is 23.9 Å². The van der Waals surface area contributed by atoms with Crippen molar-refractivity contribution in [1.29, 1.82) is 0 Å². The van der Waals surface area contributed by atoms with E-state index in [0.29, 0.717) is 53.1 Å². The van der Waals surface area contributed by atoms with Crippen LogP contribution in [0.3, 0.4) is 0 Å². The highest BCUT2D eigenvalue weighted by Gasteiger charge is 2.32. The number of hydrogen-bond donors (Lipinski definition) is 1. The van der Waals surface area contributed by atoms with Gasteiger partial charge in [-0.25, -0.2) is 4.98 Å². The molecule has 400 valence electrons. The van der Waals surface area contributed by atoms with Gasteiger partial charge < -0.3 is 20.1 Å². The molecule has 9 nitrogen and oxygen atoms in total. The Morgan fingerprint density at radius 3 is 2.11 bits per heavy atom. The highest BCUT2D eigenvalue weighted by molar-refractivity contribution is 6.04. The van der Waals surface area contributed by atoms with Crippen LogP contribution in [0.2, 0.25) is 0 Å². The van der Waals surface area contributed by atoms with Crippen LogP contribution in [-0.2, 0) is 9.53 Å². The lowest BCUT2D eigenvalue weighted by atomic mass is 9.94. The van der Waals surface area contributed by atoms with E-state index >= 15 is 0 Å². The molecule has 3 unspecified atom stereocenters. The standard InChI is InChI=1S/C31H41N3O4.C18H27N.C9H18O.C3H6.C2H6/c1-5-7-24-16-30(32-18-23(24)4)34-19-28(20-34)38-26-10-12-33(13-11-26)14-15-37-27-9-8-25(21-35)29(17-27)31(36)22(3)6-2;1-6-13(3)11-16-9-8-10-18(19)17(16)12-15(5)14(4)7-2;1-4-5-9(10)7-6-8(2)3;1-3-2;1-2/h5,7-9,16-18,21-22,26,28H,6,10-15,19-20H2,1-4H3;8-14H,5-7,19H2,1-4H3;8H,4-7H2,1-3H3;3H,1H2,2H3;1-2H3/b7-5-;16-11-,17-12+;;;. The van der Waals surface area contributed by atoms with Gasteiger partial charge in [-0.2, -0.15) is 0 Å². The molecule has 0 radical (unpaired) electrons. The molecule has 2 aromatic carbocycles. The fourth-order valence-electron chi connectivity index (χ4n) is 7.78. The SMILES string of the molecule is C/C=C\c1cc(N2CC(OC3CCN(CCOc4ccc(C=O)c(C(=O)C(C)CC)c4)CC3)C2)ncc1C.C=C(/C=c1/c(N)ccc/c1=C/C(C)CC)C(C)CC.C=CC.CC.CCCC(=O)CCC(C)C. The number of ether oxygens (including phenoxy) is 2. The van der Waals surface area contributed by atoms with E-state index < -0.39 is 0 Å². The van der Waals surface area contributed by atoms with Crippen LogP contribution in [0.15, 0.2) is 79.5 Å². The molecule has 9 heteroatoms. The van der Waals surface area contributed by atoms with Gasteiger partial charge >= 0.3 is 0 Å². The first kappa shape index (κ1) is 64.9. The van der Waals surface area contributed by atoms with Crippen molar-refractivity contribution in [2.45, 2.75) is 167 Å². The number of pyridine rings is 1. The number of benzene rings is 2. The van der Waals surface area contributed by atoms with Gasteiger partial charge in [-0.15, -0.1) is 6.58 Å². The van der Waals surface area contributed by atoms with Crippen LogP contribution in [-0.4, -0.2) is 79.3 Å². The molecule has 2 aliphatic heterocycles. The zero-order chi connectivity index (χ0) is 54.2. The number of likely N-dealkylation sites (tertiary alicyclic amines) is 1. The van der Waals surface area contributed by atoms with Crippen molar-refractivity contribution >= 4 is 47.6 Å². The Bertz CT molecular complexity index is 2220. The molecule has 2 aliphatic rings. The largest absolute Gasteiger partial charge is 0.492 e. The number of ketones is 2. The van der Waals surface area contributed by atoms with Crippen LogP contribution in [0.4, 0.5) is 11.5 Å². The molecule has 1 aromatic heterocycles. The number of carbonyl (C=O) groups is 3. The highest BCUT2D eigenvalue weighted by Crippen LogP contribution is 2.27. The smallest absolute Gasteiger partial charge is 0.166 e. The number of anilines is 2. The number of aldehydes is 1. The normalized spacial score (nSPS) is 15.5. The molecule has 0 spiro atoms. The van der Waals surface area contributed by atoms with Crippen LogP contribution in [0.5, 0.6) is 5.75 Å². The maximum absolute atomic E-state index is 12.7. The number of aromatic nitrogens is 1. The summed E-state index contributed by atoms with van der Waals surface area (Å²) in [6, 6.07) is 13.4. The minimum absolute atomic E-state index is 0.00904. The molecule has 0 amide bonds. The van der Waals surface area contributed by atoms with E-state index in [1.54, 1.807) is 24.3 Å². The first-order chi connectivity index (χ1) is 34.5. The number of carbonyl (C=O) groups excluding carboxylic acids is 3. The lowest BCUT2D eigenvalue weighted by Gasteiger charge is -2.43. The minimum atomic E-state index is -0.120. The predicted octanol–water partition coefficient (Wildman–Crippen LogP) is 13.7. The summed E-state index contributed by atoms with van der Waals surface area (Å²) in [7, 11) is 0. The molecule has 2 saturated heterocycles. The molecule has 72 heavy (non-hydrogen) atoms. The Morgan fingerprint density at radius 1 is 0.889 bits per heavy atom. The molecule has 0 saturated carbocycles. The average Bonchev–Trinajstić information content (AvgIpc) is 3.37. The number of allylic oxidation sites excluding steroid dienone is 3. The molecule has 3 aromatic rings. The van der Waals surface area contributed by atoms with E-state index in [1.165, 1.54) is 16.3 Å².